The summed E-state index contributed by atoms with van der Waals surface area (Å²) in [4.78, 5) is 26.7. The average molecular weight is 351 g/mol. The number of carbonyl (C=O) groups excluding carboxylic acids is 2. The smallest absolute Gasteiger partial charge is 0.410 e. The number of ether oxygens (including phenoxy) is 1. The third kappa shape index (κ3) is 4.31. The number of likely N-dealkylation sites (tertiary alicyclic amines) is 1. The third-order valence-corrected chi connectivity index (χ3v) is 4.98. The molecule has 0 aromatic heterocycles. The van der Waals surface area contributed by atoms with Gasteiger partial charge in [0.05, 0.1) is 0 Å². The van der Waals surface area contributed by atoms with E-state index < -0.39 is 0 Å². The van der Waals surface area contributed by atoms with Crippen LogP contribution in [0.4, 0.5) is 4.79 Å². The van der Waals surface area contributed by atoms with Gasteiger partial charge in [0.2, 0.25) is 0 Å². The number of carbonyl (C=O) groups is 2. The summed E-state index contributed by atoms with van der Waals surface area (Å²) in [5, 5.41) is 0. The molecule has 0 unspecified atom stereocenters. The third-order valence-electron chi connectivity index (χ3n) is 4.98. The largest absolute Gasteiger partial charge is 0.445 e. The molecule has 1 amide bonds. The van der Waals surface area contributed by atoms with Crippen LogP contribution in [-0.2, 0) is 11.3 Å². The molecule has 3 rings (SSSR count). The van der Waals surface area contributed by atoms with E-state index in [2.05, 4.69) is 0 Å². The summed E-state index contributed by atoms with van der Waals surface area (Å²) >= 11 is 0. The molecule has 4 nitrogen and oxygen atoms in total. The predicted octanol–water partition coefficient (Wildman–Crippen LogP) is 4.53. The first kappa shape index (κ1) is 18.2. The van der Waals surface area contributed by atoms with Crippen molar-refractivity contribution in [2.45, 2.75) is 33.3 Å². The van der Waals surface area contributed by atoms with E-state index in [4.69, 9.17) is 4.74 Å². The monoisotopic (exact) mass is 351 g/mol. The van der Waals surface area contributed by atoms with E-state index in [1.54, 1.807) is 4.90 Å². The SMILES string of the molecule is Cc1ccc(C(=O)C2CCN(C(=O)OCc3ccccc3)CC2)c(C)c1. The number of nitrogens with zero attached hydrogens (tertiary/aromatic N) is 1. The molecular formula is C22H25NO3. The fourth-order valence-corrected chi connectivity index (χ4v) is 3.44. The maximum Gasteiger partial charge on any atom is 0.410 e. The van der Waals surface area contributed by atoms with Crippen molar-refractivity contribution in [3.63, 3.8) is 0 Å². The molecule has 0 spiro atoms. The summed E-state index contributed by atoms with van der Waals surface area (Å²) in [7, 11) is 0. The predicted molar refractivity (Wildman–Crippen MR) is 101 cm³/mol. The summed E-state index contributed by atoms with van der Waals surface area (Å²) in [6.45, 7) is 5.42. The van der Waals surface area contributed by atoms with E-state index >= 15 is 0 Å². The average Bonchev–Trinajstić information content (AvgIpc) is 2.66. The minimum atomic E-state index is -0.300. The second-order valence-corrected chi connectivity index (χ2v) is 6.98. The van der Waals surface area contributed by atoms with Gasteiger partial charge in [0, 0.05) is 24.6 Å². The van der Waals surface area contributed by atoms with Crippen molar-refractivity contribution in [3.8, 4) is 0 Å². The van der Waals surface area contributed by atoms with Crippen molar-refractivity contribution in [2.75, 3.05) is 13.1 Å². The Labute approximate surface area is 154 Å². The molecule has 1 aliphatic heterocycles. The van der Waals surface area contributed by atoms with Gasteiger partial charge in [-0.3, -0.25) is 4.79 Å². The molecule has 0 aliphatic carbocycles. The van der Waals surface area contributed by atoms with Crippen molar-refractivity contribution < 1.29 is 14.3 Å². The lowest BCUT2D eigenvalue weighted by Gasteiger charge is -2.30. The van der Waals surface area contributed by atoms with E-state index in [1.807, 2.05) is 62.4 Å². The number of Topliss-reactive ketones (excluding diaryl/α,β-unsaturated/α-hetero) is 1. The number of amides is 1. The summed E-state index contributed by atoms with van der Waals surface area (Å²) in [6.07, 6.45) is 1.07. The number of piperidine rings is 1. The molecule has 2 aromatic rings. The van der Waals surface area contributed by atoms with Crippen molar-refractivity contribution in [1.29, 1.82) is 0 Å². The molecule has 1 heterocycles. The van der Waals surface area contributed by atoms with E-state index in [0.29, 0.717) is 25.9 Å². The number of ketones is 1. The highest BCUT2D eigenvalue weighted by molar-refractivity contribution is 5.99. The zero-order chi connectivity index (χ0) is 18.5. The molecule has 4 heteroatoms. The summed E-state index contributed by atoms with van der Waals surface area (Å²) < 4.78 is 5.38. The minimum Gasteiger partial charge on any atom is -0.445 e. The van der Waals surface area contributed by atoms with Crippen molar-refractivity contribution in [1.82, 2.24) is 4.90 Å². The first-order valence-electron chi connectivity index (χ1n) is 9.11. The molecule has 1 fully saturated rings. The van der Waals surface area contributed by atoms with Crippen LogP contribution in [0.3, 0.4) is 0 Å². The zero-order valence-electron chi connectivity index (χ0n) is 15.4. The van der Waals surface area contributed by atoms with Gasteiger partial charge in [0.15, 0.2) is 5.78 Å². The van der Waals surface area contributed by atoms with Gasteiger partial charge < -0.3 is 9.64 Å². The van der Waals surface area contributed by atoms with Gasteiger partial charge in [-0.25, -0.2) is 4.79 Å². The molecule has 0 radical (unpaired) electrons. The van der Waals surface area contributed by atoms with Crippen LogP contribution >= 0.6 is 0 Å². The minimum absolute atomic E-state index is 0.0189. The molecule has 0 atom stereocenters. The molecule has 26 heavy (non-hydrogen) atoms. The lowest BCUT2D eigenvalue weighted by atomic mass is 9.87. The molecule has 1 aliphatic rings. The van der Waals surface area contributed by atoms with Gasteiger partial charge in [0.1, 0.15) is 6.61 Å². The number of aryl methyl sites for hydroxylation is 2. The van der Waals surface area contributed by atoms with Crippen LogP contribution in [0.25, 0.3) is 0 Å². The molecular weight excluding hydrogens is 326 g/mol. The molecule has 0 N–H and O–H groups in total. The lowest BCUT2D eigenvalue weighted by Crippen LogP contribution is -2.40. The first-order valence-corrected chi connectivity index (χ1v) is 9.11. The van der Waals surface area contributed by atoms with Gasteiger partial charge in [0.25, 0.3) is 0 Å². The second-order valence-electron chi connectivity index (χ2n) is 6.98. The Morgan fingerprint density at radius 1 is 1.04 bits per heavy atom. The van der Waals surface area contributed by atoms with Gasteiger partial charge in [-0.2, -0.15) is 0 Å². The first-order chi connectivity index (χ1) is 12.5. The van der Waals surface area contributed by atoms with E-state index in [9.17, 15) is 9.59 Å². The molecule has 0 saturated carbocycles. The van der Waals surface area contributed by atoms with Crippen molar-refractivity contribution in [2.24, 2.45) is 5.92 Å². The Kier molecular flexibility index (Phi) is 5.71. The summed E-state index contributed by atoms with van der Waals surface area (Å²) in [6, 6.07) is 15.6. The van der Waals surface area contributed by atoms with Gasteiger partial charge >= 0.3 is 6.09 Å². The standard InChI is InChI=1S/C22H25NO3/c1-16-8-9-20(17(2)14-16)21(24)19-10-12-23(13-11-19)22(25)26-15-18-6-4-3-5-7-18/h3-9,14,19H,10-13,15H2,1-2H3. The van der Waals surface area contributed by atoms with E-state index in [0.717, 1.165) is 22.3 Å². The van der Waals surface area contributed by atoms with E-state index in [-0.39, 0.29) is 24.4 Å². The summed E-state index contributed by atoms with van der Waals surface area (Å²) in [5.74, 6) is 0.175. The van der Waals surface area contributed by atoms with Crippen molar-refractivity contribution >= 4 is 11.9 Å². The molecule has 0 bridgehead atoms. The molecule has 1 saturated heterocycles. The Hall–Kier alpha value is -2.62. The van der Waals surface area contributed by atoms with Gasteiger partial charge in [-0.15, -0.1) is 0 Å². The highest BCUT2D eigenvalue weighted by Gasteiger charge is 2.29. The van der Waals surface area contributed by atoms with Crippen LogP contribution in [0.15, 0.2) is 48.5 Å². The second kappa shape index (κ2) is 8.17. The summed E-state index contributed by atoms with van der Waals surface area (Å²) in [5.41, 5.74) is 3.97. The fourth-order valence-electron chi connectivity index (χ4n) is 3.44. The normalized spacial score (nSPS) is 14.9. The van der Waals surface area contributed by atoms with Crippen LogP contribution in [0, 0.1) is 19.8 Å². The quantitative estimate of drug-likeness (QED) is 0.760. The van der Waals surface area contributed by atoms with Crippen molar-refractivity contribution in [3.05, 3.63) is 70.8 Å². The Morgan fingerprint density at radius 3 is 2.38 bits per heavy atom. The van der Waals surface area contributed by atoms with Crippen LogP contribution in [0.2, 0.25) is 0 Å². The zero-order valence-corrected chi connectivity index (χ0v) is 15.4. The topological polar surface area (TPSA) is 46.6 Å². The maximum atomic E-state index is 12.8. The number of rotatable bonds is 4. The van der Waals surface area contributed by atoms with Gasteiger partial charge in [-0.1, -0.05) is 54.1 Å². The van der Waals surface area contributed by atoms with Crippen LogP contribution < -0.4 is 0 Å². The van der Waals surface area contributed by atoms with Crippen LogP contribution in [0.5, 0.6) is 0 Å². The van der Waals surface area contributed by atoms with E-state index in [1.165, 1.54) is 0 Å². The highest BCUT2D eigenvalue weighted by atomic mass is 16.6. The number of benzene rings is 2. The lowest BCUT2D eigenvalue weighted by molar-refractivity contribution is 0.0712. The highest BCUT2D eigenvalue weighted by Crippen LogP contribution is 2.24. The maximum absolute atomic E-state index is 12.8. The Balaban J connectivity index is 1.52. The molecule has 136 valence electrons. The number of hydrogen-bond donors (Lipinski definition) is 0. The van der Waals surface area contributed by atoms with Gasteiger partial charge in [-0.05, 0) is 37.8 Å². The fraction of sp³-hybridized carbons (Fsp3) is 0.364. The number of hydrogen-bond acceptors (Lipinski definition) is 3. The van der Waals surface area contributed by atoms with Crippen LogP contribution in [-0.4, -0.2) is 29.9 Å². The van der Waals surface area contributed by atoms with Crippen LogP contribution in [0.1, 0.15) is 39.9 Å². The Bertz CT molecular complexity index is 777. The molecule has 2 aromatic carbocycles. The Morgan fingerprint density at radius 2 is 1.73 bits per heavy atom.